The van der Waals surface area contributed by atoms with Crippen molar-refractivity contribution in [3.05, 3.63) is 100 Å². The summed E-state index contributed by atoms with van der Waals surface area (Å²) in [6, 6.07) is 14.2. The quantitative estimate of drug-likeness (QED) is 0.650. The van der Waals surface area contributed by atoms with Gasteiger partial charge in [-0.25, -0.2) is 9.59 Å². The van der Waals surface area contributed by atoms with Gasteiger partial charge in [-0.05, 0) is 42.3 Å². The van der Waals surface area contributed by atoms with Crippen LogP contribution in [0.2, 0.25) is 5.02 Å². The van der Waals surface area contributed by atoms with Gasteiger partial charge in [0.2, 0.25) is 0 Å². The van der Waals surface area contributed by atoms with Gasteiger partial charge in [0.1, 0.15) is 11.3 Å². The number of halogens is 1. The monoisotopic (exact) mass is 453 g/mol. The maximum atomic E-state index is 12.8. The smallest absolute Gasteiger partial charge is 0.355 e. The van der Waals surface area contributed by atoms with Gasteiger partial charge in [-0.2, -0.15) is 0 Å². The summed E-state index contributed by atoms with van der Waals surface area (Å²) in [5, 5.41) is 12.2. The molecule has 0 aromatic heterocycles. The molecule has 1 atom stereocenters. The first-order chi connectivity index (χ1) is 15.4. The zero-order valence-corrected chi connectivity index (χ0v) is 18.8. The van der Waals surface area contributed by atoms with E-state index in [0.717, 1.165) is 0 Å². The van der Waals surface area contributed by atoms with Crippen LogP contribution in [0.4, 0.5) is 5.69 Å². The Kier molecular flexibility index (Phi) is 7.18. The maximum Gasteiger partial charge on any atom is 0.355 e. The summed E-state index contributed by atoms with van der Waals surface area (Å²) in [4.78, 5) is 26.8. The van der Waals surface area contributed by atoms with Crippen LogP contribution in [0.25, 0.3) is 0 Å². The standard InChI is InChI=1S/C25H24ClNO5/c1-4-25(30,17-10-6-5-7-11-17)20-16-18(26)13-14-21(20)27-15-9-8-12-19(23(28)31-2)22(27)24(29)32-3/h5-16,30H,4H2,1-3H3. The Balaban J connectivity index is 2.32. The summed E-state index contributed by atoms with van der Waals surface area (Å²) in [7, 11) is 2.47. The third-order valence-corrected chi connectivity index (χ3v) is 5.55. The first-order valence-corrected chi connectivity index (χ1v) is 10.4. The number of rotatable bonds is 6. The number of allylic oxidation sites excluding steroid dienone is 2. The summed E-state index contributed by atoms with van der Waals surface area (Å²) < 4.78 is 9.86. The van der Waals surface area contributed by atoms with Crippen LogP contribution in [0.1, 0.15) is 24.5 Å². The van der Waals surface area contributed by atoms with E-state index in [0.29, 0.717) is 28.3 Å². The number of hydrogen-bond donors (Lipinski definition) is 1. The minimum atomic E-state index is -1.41. The predicted molar refractivity (Wildman–Crippen MR) is 123 cm³/mol. The van der Waals surface area contributed by atoms with E-state index < -0.39 is 17.5 Å². The van der Waals surface area contributed by atoms with Crippen LogP contribution in [0.3, 0.4) is 0 Å². The Morgan fingerprint density at radius 1 is 1.03 bits per heavy atom. The van der Waals surface area contributed by atoms with E-state index in [-0.39, 0.29) is 11.3 Å². The van der Waals surface area contributed by atoms with Gasteiger partial charge >= 0.3 is 11.9 Å². The number of benzene rings is 2. The lowest BCUT2D eigenvalue weighted by atomic mass is 9.83. The molecule has 0 spiro atoms. The van der Waals surface area contributed by atoms with Crippen molar-refractivity contribution >= 4 is 29.2 Å². The van der Waals surface area contributed by atoms with Crippen molar-refractivity contribution in [3.8, 4) is 0 Å². The lowest BCUT2D eigenvalue weighted by Crippen LogP contribution is -2.32. The Morgan fingerprint density at radius 2 is 1.72 bits per heavy atom. The molecule has 1 heterocycles. The Bertz CT molecular complexity index is 1110. The molecule has 0 bridgehead atoms. The van der Waals surface area contributed by atoms with Gasteiger partial charge in [0.15, 0.2) is 0 Å². The number of aliphatic hydroxyl groups is 1. The molecule has 32 heavy (non-hydrogen) atoms. The van der Waals surface area contributed by atoms with Crippen molar-refractivity contribution in [2.24, 2.45) is 0 Å². The molecule has 0 saturated heterocycles. The molecule has 3 rings (SSSR count). The molecule has 0 amide bonds. The molecular formula is C25H24ClNO5. The fourth-order valence-corrected chi connectivity index (χ4v) is 3.84. The maximum absolute atomic E-state index is 12.8. The van der Waals surface area contributed by atoms with Crippen molar-refractivity contribution in [2.75, 3.05) is 19.1 Å². The van der Waals surface area contributed by atoms with Crippen molar-refractivity contribution in [2.45, 2.75) is 18.9 Å². The van der Waals surface area contributed by atoms with Gasteiger partial charge in [-0.15, -0.1) is 0 Å². The molecule has 0 aliphatic carbocycles. The number of methoxy groups -OCH3 is 2. The van der Waals surface area contributed by atoms with Crippen LogP contribution in [0.5, 0.6) is 0 Å². The van der Waals surface area contributed by atoms with Gasteiger partial charge in [-0.3, -0.25) is 0 Å². The summed E-state index contributed by atoms with van der Waals surface area (Å²) in [6.45, 7) is 1.86. The molecule has 2 aromatic carbocycles. The van der Waals surface area contributed by atoms with Crippen LogP contribution < -0.4 is 4.90 Å². The fourth-order valence-electron chi connectivity index (χ4n) is 3.66. The van der Waals surface area contributed by atoms with Gasteiger partial charge in [-0.1, -0.05) is 54.9 Å². The Hall–Kier alpha value is -3.35. The normalized spacial score (nSPS) is 15.2. The number of esters is 2. The molecule has 166 valence electrons. The zero-order valence-electron chi connectivity index (χ0n) is 18.0. The number of nitrogens with zero attached hydrogens (tertiary/aromatic N) is 1. The molecule has 0 fully saturated rings. The second-order valence-corrected chi connectivity index (χ2v) is 7.49. The highest BCUT2D eigenvalue weighted by Crippen LogP contribution is 2.41. The lowest BCUT2D eigenvalue weighted by Gasteiger charge is -2.34. The fraction of sp³-hybridized carbons (Fsp3) is 0.200. The van der Waals surface area contributed by atoms with Crippen LogP contribution in [-0.4, -0.2) is 31.3 Å². The lowest BCUT2D eigenvalue weighted by molar-refractivity contribution is -0.139. The third kappa shape index (κ3) is 4.33. The molecule has 1 aliphatic rings. The molecule has 0 saturated carbocycles. The Labute approximate surface area is 192 Å². The minimum Gasteiger partial charge on any atom is -0.465 e. The molecule has 6 nitrogen and oxygen atoms in total. The Morgan fingerprint density at radius 3 is 2.34 bits per heavy atom. The summed E-state index contributed by atoms with van der Waals surface area (Å²) >= 11 is 6.33. The highest BCUT2D eigenvalue weighted by molar-refractivity contribution is 6.30. The van der Waals surface area contributed by atoms with E-state index >= 15 is 0 Å². The number of carbonyl (C=O) groups excluding carboxylic acids is 2. The summed E-state index contributed by atoms with van der Waals surface area (Å²) in [5.74, 6) is -1.43. The molecule has 1 aliphatic heterocycles. The number of carbonyl (C=O) groups is 2. The summed E-state index contributed by atoms with van der Waals surface area (Å²) in [6.07, 6.45) is 6.72. The van der Waals surface area contributed by atoms with E-state index in [9.17, 15) is 14.7 Å². The van der Waals surface area contributed by atoms with E-state index in [1.54, 1.807) is 36.6 Å². The summed E-state index contributed by atoms with van der Waals surface area (Å²) in [5.41, 5.74) is 0.159. The van der Waals surface area contributed by atoms with Crippen molar-refractivity contribution in [3.63, 3.8) is 0 Å². The molecule has 2 aromatic rings. The predicted octanol–water partition coefficient (Wildman–Crippen LogP) is 4.48. The molecular weight excluding hydrogens is 430 g/mol. The van der Waals surface area contributed by atoms with Crippen LogP contribution in [-0.2, 0) is 24.7 Å². The van der Waals surface area contributed by atoms with Gasteiger partial charge < -0.3 is 19.5 Å². The molecule has 7 heteroatoms. The number of ether oxygens (including phenoxy) is 2. The highest BCUT2D eigenvalue weighted by atomic mass is 35.5. The highest BCUT2D eigenvalue weighted by Gasteiger charge is 2.36. The van der Waals surface area contributed by atoms with E-state index in [1.807, 2.05) is 37.3 Å². The van der Waals surface area contributed by atoms with E-state index in [2.05, 4.69) is 0 Å². The van der Waals surface area contributed by atoms with Crippen molar-refractivity contribution in [1.82, 2.24) is 0 Å². The SMILES string of the molecule is CCC(O)(c1ccccc1)c1cc(Cl)ccc1N1C=CC=CC(C(=O)OC)=C1C(=O)OC. The third-order valence-electron chi connectivity index (χ3n) is 5.32. The topological polar surface area (TPSA) is 76.1 Å². The van der Waals surface area contributed by atoms with Crippen molar-refractivity contribution < 1.29 is 24.2 Å². The van der Waals surface area contributed by atoms with Gasteiger partial charge in [0, 0.05) is 16.8 Å². The average Bonchev–Trinajstić information content (AvgIpc) is 3.06. The molecule has 0 radical (unpaired) electrons. The number of anilines is 1. The van der Waals surface area contributed by atoms with Crippen molar-refractivity contribution in [1.29, 1.82) is 0 Å². The first-order valence-electron chi connectivity index (χ1n) is 10.00. The van der Waals surface area contributed by atoms with E-state index in [4.69, 9.17) is 21.1 Å². The minimum absolute atomic E-state index is 0.0185. The average molecular weight is 454 g/mol. The van der Waals surface area contributed by atoms with Crippen LogP contribution in [0, 0.1) is 0 Å². The zero-order chi connectivity index (χ0) is 23.3. The van der Waals surface area contributed by atoms with Crippen LogP contribution in [0.15, 0.2) is 84.2 Å². The van der Waals surface area contributed by atoms with Gasteiger partial charge in [0.25, 0.3) is 0 Å². The van der Waals surface area contributed by atoms with Gasteiger partial charge in [0.05, 0.1) is 25.5 Å². The largest absolute Gasteiger partial charge is 0.465 e. The second-order valence-electron chi connectivity index (χ2n) is 7.06. The molecule has 1 N–H and O–H groups in total. The van der Waals surface area contributed by atoms with Crippen LogP contribution >= 0.6 is 11.6 Å². The first kappa shape index (κ1) is 23.3. The second kappa shape index (κ2) is 9.85. The van der Waals surface area contributed by atoms with E-state index in [1.165, 1.54) is 25.2 Å². The number of hydrogen-bond acceptors (Lipinski definition) is 6. The molecule has 1 unspecified atom stereocenters.